The van der Waals surface area contributed by atoms with Gasteiger partial charge in [-0.1, -0.05) is 19.1 Å². The van der Waals surface area contributed by atoms with E-state index in [1.54, 1.807) is 19.1 Å². The first-order valence-corrected chi connectivity index (χ1v) is 6.07. The molecule has 0 saturated carbocycles. The van der Waals surface area contributed by atoms with Crippen LogP contribution >= 0.6 is 0 Å². The Balaban J connectivity index is 2.88. The Kier molecular flexibility index (Phi) is 5.44. The van der Waals surface area contributed by atoms with Gasteiger partial charge in [-0.2, -0.15) is 0 Å². The summed E-state index contributed by atoms with van der Waals surface area (Å²) >= 11 is 0. The van der Waals surface area contributed by atoms with Gasteiger partial charge in [-0.15, -0.1) is 0 Å². The van der Waals surface area contributed by atoms with E-state index in [-0.39, 0.29) is 17.6 Å². The number of nitrogens with zero attached hydrogens (tertiary/aromatic N) is 1. The van der Waals surface area contributed by atoms with E-state index in [1.807, 2.05) is 6.92 Å². The van der Waals surface area contributed by atoms with Crippen LogP contribution in [0, 0.1) is 10.1 Å². The van der Waals surface area contributed by atoms with E-state index in [2.05, 4.69) is 5.32 Å². The lowest BCUT2D eigenvalue weighted by Gasteiger charge is -2.19. The van der Waals surface area contributed by atoms with Crippen LogP contribution in [0.15, 0.2) is 24.3 Å². The number of rotatable bonds is 6. The number of ether oxygens (including phenoxy) is 1. The van der Waals surface area contributed by atoms with Crippen LogP contribution < -0.4 is 5.32 Å². The van der Waals surface area contributed by atoms with E-state index < -0.39 is 11.0 Å². The maximum Gasteiger partial charge on any atom is 0.269 e. The standard InChI is InChI=1S/C13H18N2O4/c1-4-12(14-13(16)9(2)19-3)10-6-5-7-11(8-10)15(17)18/h5-9,12H,4H2,1-3H3,(H,14,16)/t9-,12+/m1/s1. The topological polar surface area (TPSA) is 81.5 Å². The molecule has 1 N–H and O–H groups in total. The number of benzene rings is 1. The van der Waals surface area contributed by atoms with Gasteiger partial charge in [-0.05, 0) is 18.9 Å². The third kappa shape index (κ3) is 4.03. The molecule has 0 aliphatic heterocycles. The lowest BCUT2D eigenvalue weighted by atomic mass is 10.0. The number of amides is 1. The second kappa shape index (κ2) is 6.84. The Bertz CT molecular complexity index is 462. The van der Waals surface area contributed by atoms with Crippen molar-refractivity contribution in [2.24, 2.45) is 0 Å². The number of nitrogens with one attached hydrogen (secondary N) is 1. The third-order valence-electron chi connectivity index (χ3n) is 2.93. The molecule has 0 unspecified atom stereocenters. The largest absolute Gasteiger partial charge is 0.372 e. The molecule has 1 aromatic rings. The number of carbonyl (C=O) groups is 1. The van der Waals surface area contributed by atoms with Crippen molar-refractivity contribution in [2.75, 3.05) is 7.11 Å². The molecular weight excluding hydrogens is 248 g/mol. The summed E-state index contributed by atoms with van der Waals surface area (Å²) in [6.07, 6.45) is 0.0938. The smallest absolute Gasteiger partial charge is 0.269 e. The SMILES string of the molecule is CC[C@H](NC(=O)[C@@H](C)OC)c1cccc([N+](=O)[O-])c1. The summed E-state index contributed by atoms with van der Waals surface area (Å²) in [4.78, 5) is 22.1. The van der Waals surface area contributed by atoms with Crippen molar-refractivity contribution in [3.63, 3.8) is 0 Å². The van der Waals surface area contributed by atoms with Crippen LogP contribution in [0.25, 0.3) is 0 Å². The quantitative estimate of drug-likeness (QED) is 0.632. The predicted molar refractivity (Wildman–Crippen MR) is 70.7 cm³/mol. The highest BCUT2D eigenvalue weighted by Gasteiger charge is 2.18. The summed E-state index contributed by atoms with van der Waals surface area (Å²) in [5.74, 6) is -0.235. The van der Waals surface area contributed by atoms with Crippen molar-refractivity contribution >= 4 is 11.6 Å². The van der Waals surface area contributed by atoms with Gasteiger partial charge in [0, 0.05) is 19.2 Å². The number of hydrogen-bond acceptors (Lipinski definition) is 4. The van der Waals surface area contributed by atoms with Crippen LogP contribution in [0.1, 0.15) is 31.9 Å². The number of carbonyl (C=O) groups excluding carboxylic acids is 1. The van der Waals surface area contributed by atoms with Crippen molar-refractivity contribution in [3.05, 3.63) is 39.9 Å². The molecule has 0 aromatic heterocycles. The fourth-order valence-corrected chi connectivity index (χ4v) is 1.67. The molecule has 0 saturated heterocycles. The Morgan fingerprint density at radius 2 is 2.21 bits per heavy atom. The Hall–Kier alpha value is -1.95. The summed E-state index contributed by atoms with van der Waals surface area (Å²) in [6.45, 7) is 3.55. The normalized spacial score (nSPS) is 13.6. The molecule has 19 heavy (non-hydrogen) atoms. The van der Waals surface area contributed by atoms with E-state index in [9.17, 15) is 14.9 Å². The Morgan fingerprint density at radius 1 is 1.53 bits per heavy atom. The molecule has 2 atom stereocenters. The van der Waals surface area contributed by atoms with Crippen molar-refractivity contribution < 1.29 is 14.5 Å². The zero-order chi connectivity index (χ0) is 14.4. The molecule has 0 radical (unpaired) electrons. The van der Waals surface area contributed by atoms with Gasteiger partial charge in [-0.3, -0.25) is 14.9 Å². The molecule has 1 aromatic carbocycles. The molecule has 104 valence electrons. The second-order valence-electron chi connectivity index (χ2n) is 4.20. The molecule has 0 fully saturated rings. The van der Waals surface area contributed by atoms with E-state index in [4.69, 9.17) is 4.74 Å². The lowest BCUT2D eigenvalue weighted by molar-refractivity contribution is -0.384. The number of nitro benzene ring substituents is 1. The van der Waals surface area contributed by atoms with Gasteiger partial charge in [0.2, 0.25) is 5.91 Å². The van der Waals surface area contributed by atoms with Gasteiger partial charge in [0.15, 0.2) is 0 Å². The average molecular weight is 266 g/mol. The van der Waals surface area contributed by atoms with Crippen LogP contribution in [-0.4, -0.2) is 24.0 Å². The van der Waals surface area contributed by atoms with Crippen molar-refractivity contribution in [1.29, 1.82) is 0 Å². The molecule has 1 amide bonds. The van der Waals surface area contributed by atoms with Crippen molar-refractivity contribution in [1.82, 2.24) is 5.32 Å². The van der Waals surface area contributed by atoms with Gasteiger partial charge >= 0.3 is 0 Å². The highest BCUT2D eigenvalue weighted by Crippen LogP contribution is 2.21. The predicted octanol–water partition coefficient (Wildman–Crippen LogP) is 2.20. The molecule has 0 bridgehead atoms. The molecule has 6 nitrogen and oxygen atoms in total. The number of non-ortho nitro benzene ring substituents is 1. The van der Waals surface area contributed by atoms with Crippen LogP contribution in [0.4, 0.5) is 5.69 Å². The fraction of sp³-hybridized carbons (Fsp3) is 0.462. The van der Waals surface area contributed by atoms with Crippen molar-refractivity contribution in [3.8, 4) is 0 Å². The van der Waals surface area contributed by atoms with Gasteiger partial charge in [0.05, 0.1) is 11.0 Å². The summed E-state index contributed by atoms with van der Waals surface area (Å²) in [5.41, 5.74) is 0.735. The minimum absolute atomic E-state index is 0.0185. The van der Waals surface area contributed by atoms with E-state index in [0.717, 1.165) is 0 Å². The Morgan fingerprint density at radius 3 is 2.74 bits per heavy atom. The van der Waals surface area contributed by atoms with Crippen LogP contribution in [0.5, 0.6) is 0 Å². The number of methoxy groups -OCH3 is 1. The first-order valence-electron chi connectivity index (χ1n) is 6.07. The second-order valence-corrected chi connectivity index (χ2v) is 4.20. The first kappa shape index (κ1) is 15.1. The monoisotopic (exact) mass is 266 g/mol. The van der Waals surface area contributed by atoms with Crippen LogP contribution in [0.2, 0.25) is 0 Å². The van der Waals surface area contributed by atoms with E-state index in [1.165, 1.54) is 19.2 Å². The summed E-state index contributed by atoms with van der Waals surface area (Å²) < 4.78 is 4.93. The molecule has 6 heteroatoms. The van der Waals surface area contributed by atoms with Crippen LogP contribution in [-0.2, 0) is 9.53 Å². The summed E-state index contributed by atoms with van der Waals surface area (Å²) in [7, 11) is 1.46. The molecular formula is C13H18N2O4. The minimum Gasteiger partial charge on any atom is -0.372 e. The first-order chi connectivity index (χ1) is 8.99. The van der Waals surface area contributed by atoms with Gasteiger partial charge in [0.25, 0.3) is 5.69 Å². The maximum absolute atomic E-state index is 11.8. The average Bonchev–Trinajstić information content (AvgIpc) is 2.43. The zero-order valence-corrected chi connectivity index (χ0v) is 11.3. The van der Waals surface area contributed by atoms with Crippen LogP contribution in [0.3, 0.4) is 0 Å². The highest BCUT2D eigenvalue weighted by atomic mass is 16.6. The molecule has 1 rings (SSSR count). The Labute approximate surface area is 111 Å². The zero-order valence-electron chi connectivity index (χ0n) is 11.3. The maximum atomic E-state index is 11.8. The van der Waals surface area contributed by atoms with Gasteiger partial charge in [0.1, 0.15) is 6.10 Å². The molecule has 0 aliphatic carbocycles. The highest BCUT2D eigenvalue weighted by molar-refractivity contribution is 5.80. The number of hydrogen-bond donors (Lipinski definition) is 1. The van der Waals surface area contributed by atoms with E-state index in [0.29, 0.717) is 12.0 Å². The molecule has 0 heterocycles. The molecule has 0 spiro atoms. The van der Waals surface area contributed by atoms with Gasteiger partial charge in [-0.25, -0.2) is 0 Å². The number of nitro groups is 1. The third-order valence-corrected chi connectivity index (χ3v) is 2.93. The minimum atomic E-state index is -0.548. The lowest BCUT2D eigenvalue weighted by Crippen LogP contribution is -2.36. The fourth-order valence-electron chi connectivity index (χ4n) is 1.67. The van der Waals surface area contributed by atoms with E-state index >= 15 is 0 Å². The van der Waals surface area contributed by atoms with Gasteiger partial charge < -0.3 is 10.1 Å². The molecule has 0 aliphatic rings. The summed E-state index contributed by atoms with van der Waals surface area (Å²) in [5, 5.41) is 13.6. The summed E-state index contributed by atoms with van der Waals surface area (Å²) in [6, 6.07) is 6.02. The van der Waals surface area contributed by atoms with Crippen molar-refractivity contribution in [2.45, 2.75) is 32.4 Å².